The molecule has 0 bridgehead atoms. The van der Waals surface area contributed by atoms with Gasteiger partial charge >= 0.3 is 5.97 Å². The molecule has 0 saturated carbocycles. The van der Waals surface area contributed by atoms with Gasteiger partial charge in [-0.05, 0) is 23.4 Å². The molecule has 1 heterocycles. The molecule has 0 aliphatic heterocycles. The quantitative estimate of drug-likeness (QED) is 0.391. The molecule has 10 heteroatoms. The maximum absolute atomic E-state index is 14.0. The van der Waals surface area contributed by atoms with Crippen molar-refractivity contribution in [1.82, 2.24) is 20.2 Å². The monoisotopic (exact) mass is 357 g/mol. The van der Waals surface area contributed by atoms with Crippen LogP contribution in [0.5, 0.6) is 0 Å². The number of halogens is 1. The number of rotatable bonds is 5. The van der Waals surface area contributed by atoms with Crippen LogP contribution in [0, 0.1) is 15.9 Å². The molecule has 9 nitrogen and oxygen atoms in total. The van der Waals surface area contributed by atoms with Gasteiger partial charge in [-0.1, -0.05) is 12.1 Å². The number of tetrazole rings is 1. The number of aromatic nitrogens is 4. The Balaban J connectivity index is 1.83. The summed E-state index contributed by atoms with van der Waals surface area (Å²) in [4.78, 5) is 22.7. The highest BCUT2D eigenvalue weighted by Crippen LogP contribution is 2.19. The van der Waals surface area contributed by atoms with E-state index in [4.69, 9.17) is 0 Å². The highest BCUT2D eigenvalue weighted by Gasteiger charge is 2.14. The lowest BCUT2D eigenvalue weighted by molar-refractivity contribution is -0.385. The molecule has 0 aliphatic rings. The van der Waals surface area contributed by atoms with E-state index in [-0.39, 0.29) is 23.6 Å². The molecule has 0 spiro atoms. The van der Waals surface area contributed by atoms with Gasteiger partial charge in [-0.25, -0.2) is 9.18 Å². The van der Waals surface area contributed by atoms with Gasteiger partial charge in [-0.3, -0.25) is 10.1 Å². The largest absolute Gasteiger partial charge is 0.465 e. The summed E-state index contributed by atoms with van der Waals surface area (Å²) >= 11 is 0. The number of non-ortho nitro benzene ring substituents is 1. The van der Waals surface area contributed by atoms with Crippen molar-refractivity contribution in [2.75, 3.05) is 7.11 Å². The van der Waals surface area contributed by atoms with Gasteiger partial charge in [0, 0.05) is 17.2 Å². The third-order valence-corrected chi connectivity index (χ3v) is 3.55. The molecule has 26 heavy (non-hydrogen) atoms. The minimum Gasteiger partial charge on any atom is -0.465 e. The van der Waals surface area contributed by atoms with E-state index in [1.165, 1.54) is 19.2 Å². The molecule has 2 aromatic carbocycles. The summed E-state index contributed by atoms with van der Waals surface area (Å²) in [5.41, 5.74) is 0.729. The lowest BCUT2D eigenvalue weighted by Gasteiger charge is -2.02. The molecule has 0 aliphatic carbocycles. The zero-order valence-electron chi connectivity index (χ0n) is 13.5. The Bertz CT molecular complexity index is 988. The van der Waals surface area contributed by atoms with Crippen molar-refractivity contribution in [1.29, 1.82) is 0 Å². The second kappa shape index (κ2) is 7.05. The third kappa shape index (κ3) is 3.53. The Morgan fingerprint density at radius 1 is 1.31 bits per heavy atom. The van der Waals surface area contributed by atoms with Crippen molar-refractivity contribution >= 4 is 11.7 Å². The molecule has 0 fully saturated rings. The zero-order valence-corrected chi connectivity index (χ0v) is 13.5. The number of esters is 1. The van der Waals surface area contributed by atoms with Crippen LogP contribution >= 0.6 is 0 Å². The second-order valence-corrected chi connectivity index (χ2v) is 5.25. The molecule has 3 aromatic rings. The van der Waals surface area contributed by atoms with Crippen molar-refractivity contribution in [2.24, 2.45) is 0 Å². The van der Waals surface area contributed by atoms with Crippen LogP contribution in [0.2, 0.25) is 0 Å². The van der Waals surface area contributed by atoms with E-state index < -0.39 is 16.7 Å². The van der Waals surface area contributed by atoms with Gasteiger partial charge in [0.15, 0.2) is 0 Å². The SMILES string of the molecule is COC(=O)c1cccc(-c2nnn(Cc3ccc([N+](=O)[O-])cc3F)n2)c1. The van der Waals surface area contributed by atoms with Crippen molar-refractivity contribution in [2.45, 2.75) is 6.54 Å². The van der Waals surface area contributed by atoms with Crippen molar-refractivity contribution in [3.63, 3.8) is 0 Å². The van der Waals surface area contributed by atoms with Crippen LogP contribution in [0.3, 0.4) is 0 Å². The predicted octanol–water partition coefficient (Wildman–Crippen LogP) is 2.22. The van der Waals surface area contributed by atoms with Crippen LogP contribution in [0.1, 0.15) is 15.9 Å². The number of carbonyl (C=O) groups is 1. The van der Waals surface area contributed by atoms with Gasteiger partial charge in [-0.2, -0.15) is 4.80 Å². The number of ether oxygens (including phenoxy) is 1. The Labute approximate surface area is 146 Å². The van der Waals surface area contributed by atoms with E-state index in [0.29, 0.717) is 11.1 Å². The van der Waals surface area contributed by atoms with E-state index in [9.17, 15) is 19.3 Å². The molecule has 132 valence electrons. The highest BCUT2D eigenvalue weighted by molar-refractivity contribution is 5.90. The van der Waals surface area contributed by atoms with Crippen LogP contribution in [0.4, 0.5) is 10.1 Å². The summed E-state index contributed by atoms with van der Waals surface area (Å²) < 4.78 is 18.6. The number of hydrogen-bond donors (Lipinski definition) is 0. The fourth-order valence-electron chi connectivity index (χ4n) is 2.26. The topological polar surface area (TPSA) is 113 Å². The molecule has 0 radical (unpaired) electrons. The van der Waals surface area contributed by atoms with Gasteiger partial charge in [-0.15, -0.1) is 10.2 Å². The number of nitro benzene ring substituents is 1. The predicted molar refractivity (Wildman–Crippen MR) is 86.7 cm³/mol. The number of benzene rings is 2. The number of carbonyl (C=O) groups excluding carboxylic acids is 1. The average molecular weight is 357 g/mol. The van der Waals surface area contributed by atoms with Crippen molar-refractivity contribution in [3.05, 3.63) is 69.5 Å². The van der Waals surface area contributed by atoms with Gasteiger partial charge in [0.2, 0.25) is 5.82 Å². The Kier molecular flexibility index (Phi) is 4.65. The van der Waals surface area contributed by atoms with Gasteiger partial charge in [0.05, 0.1) is 30.2 Å². The Morgan fingerprint density at radius 3 is 2.81 bits per heavy atom. The first kappa shape index (κ1) is 17.1. The molecule has 0 atom stereocenters. The first-order valence-corrected chi connectivity index (χ1v) is 7.37. The van der Waals surface area contributed by atoms with E-state index in [0.717, 1.165) is 10.9 Å². The zero-order chi connectivity index (χ0) is 18.7. The molecule has 0 amide bonds. The third-order valence-electron chi connectivity index (χ3n) is 3.55. The normalized spacial score (nSPS) is 10.5. The van der Waals surface area contributed by atoms with Gasteiger partial charge < -0.3 is 4.74 Å². The number of nitrogens with zero attached hydrogens (tertiary/aromatic N) is 5. The summed E-state index contributed by atoms with van der Waals surface area (Å²) in [6.45, 7) is -0.0481. The fourth-order valence-corrected chi connectivity index (χ4v) is 2.26. The Hall–Kier alpha value is -3.69. The van der Waals surface area contributed by atoms with Crippen LogP contribution < -0.4 is 0 Å². The Morgan fingerprint density at radius 2 is 2.12 bits per heavy atom. The van der Waals surface area contributed by atoms with E-state index in [1.807, 2.05) is 0 Å². The first-order valence-electron chi connectivity index (χ1n) is 7.37. The fraction of sp³-hybridized carbons (Fsp3) is 0.125. The van der Waals surface area contributed by atoms with Gasteiger partial charge in [0.1, 0.15) is 5.82 Å². The van der Waals surface area contributed by atoms with Crippen LogP contribution in [-0.4, -0.2) is 38.2 Å². The number of methoxy groups -OCH3 is 1. The maximum atomic E-state index is 14.0. The molecule has 0 saturated heterocycles. The molecular weight excluding hydrogens is 345 g/mol. The number of hydrogen-bond acceptors (Lipinski definition) is 7. The summed E-state index contributed by atoms with van der Waals surface area (Å²) in [6.07, 6.45) is 0. The molecule has 3 rings (SSSR count). The summed E-state index contributed by atoms with van der Waals surface area (Å²) in [5, 5.41) is 22.5. The highest BCUT2D eigenvalue weighted by atomic mass is 19.1. The summed E-state index contributed by atoms with van der Waals surface area (Å²) in [6, 6.07) is 9.83. The minimum atomic E-state index is -0.731. The van der Waals surface area contributed by atoms with Gasteiger partial charge in [0.25, 0.3) is 5.69 Å². The van der Waals surface area contributed by atoms with E-state index in [1.54, 1.807) is 24.3 Å². The van der Waals surface area contributed by atoms with Crippen LogP contribution in [-0.2, 0) is 11.3 Å². The lowest BCUT2D eigenvalue weighted by Crippen LogP contribution is -2.06. The molecule has 0 N–H and O–H groups in total. The van der Waals surface area contributed by atoms with Crippen LogP contribution in [0.25, 0.3) is 11.4 Å². The summed E-state index contributed by atoms with van der Waals surface area (Å²) in [5.74, 6) is -0.976. The standard InChI is InChI=1S/C16H12FN5O4/c1-26-16(23)11-4-2-3-10(7-11)15-18-20-21(19-15)9-12-5-6-13(22(24)25)8-14(12)17/h2-8H,9H2,1H3. The van der Waals surface area contributed by atoms with E-state index in [2.05, 4.69) is 20.1 Å². The van der Waals surface area contributed by atoms with Crippen molar-refractivity contribution in [3.8, 4) is 11.4 Å². The maximum Gasteiger partial charge on any atom is 0.337 e. The smallest absolute Gasteiger partial charge is 0.337 e. The van der Waals surface area contributed by atoms with Crippen LogP contribution in [0.15, 0.2) is 42.5 Å². The number of nitro groups is 1. The lowest BCUT2D eigenvalue weighted by atomic mass is 10.1. The molecule has 0 unspecified atom stereocenters. The van der Waals surface area contributed by atoms with Crippen molar-refractivity contribution < 1.29 is 18.8 Å². The second-order valence-electron chi connectivity index (χ2n) is 5.25. The first-order chi connectivity index (χ1) is 12.5. The molecular formula is C16H12FN5O4. The summed E-state index contributed by atoms with van der Waals surface area (Å²) in [7, 11) is 1.28. The average Bonchev–Trinajstić information content (AvgIpc) is 3.11. The molecule has 1 aromatic heterocycles. The minimum absolute atomic E-state index is 0.0481. The van der Waals surface area contributed by atoms with E-state index >= 15 is 0 Å².